The minimum absolute atomic E-state index is 0.198. The monoisotopic (exact) mass is 528 g/mol. The lowest BCUT2D eigenvalue weighted by Gasteiger charge is -2.21. The summed E-state index contributed by atoms with van der Waals surface area (Å²) in [6.07, 6.45) is 3.41. The van der Waals surface area contributed by atoms with Crippen molar-refractivity contribution in [3.63, 3.8) is 0 Å². The molecule has 3 aromatic heterocycles. The summed E-state index contributed by atoms with van der Waals surface area (Å²) in [6.45, 7) is 1.77. The van der Waals surface area contributed by atoms with Crippen LogP contribution in [0.3, 0.4) is 0 Å². The molecule has 3 atom stereocenters. The molecule has 34 heavy (non-hydrogen) atoms. The molecule has 0 unspecified atom stereocenters. The fourth-order valence-electron chi connectivity index (χ4n) is 3.22. The van der Waals surface area contributed by atoms with Crippen molar-refractivity contribution in [1.82, 2.24) is 29.7 Å². The van der Waals surface area contributed by atoms with Crippen LogP contribution >= 0.6 is 11.6 Å². The zero-order valence-corrected chi connectivity index (χ0v) is 21.5. The van der Waals surface area contributed by atoms with Gasteiger partial charge in [-0.3, -0.25) is 4.21 Å². The van der Waals surface area contributed by atoms with Gasteiger partial charge in [-0.2, -0.15) is 0 Å². The van der Waals surface area contributed by atoms with Crippen LogP contribution in [-0.2, 0) is 37.7 Å². The summed E-state index contributed by atoms with van der Waals surface area (Å²) in [4.78, 5) is 12.6. The van der Waals surface area contributed by atoms with Crippen molar-refractivity contribution in [2.75, 3.05) is 26.2 Å². The number of rotatable bonds is 11. The number of aromatic nitrogens is 6. The van der Waals surface area contributed by atoms with Gasteiger partial charge in [-0.1, -0.05) is 17.7 Å². The second kappa shape index (κ2) is 11.3. The highest BCUT2D eigenvalue weighted by molar-refractivity contribution is 7.91. The molecular weight excluding hydrogens is 504 g/mol. The van der Waals surface area contributed by atoms with Gasteiger partial charge >= 0.3 is 0 Å². The summed E-state index contributed by atoms with van der Waals surface area (Å²) in [5.74, 6) is 0.994. The van der Waals surface area contributed by atoms with Gasteiger partial charge in [0.2, 0.25) is 5.88 Å². The van der Waals surface area contributed by atoms with E-state index >= 15 is 0 Å². The number of methoxy groups -OCH3 is 2. The van der Waals surface area contributed by atoms with Gasteiger partial charge in [0.15, 0.2) is 21.5 Å². The Morgan fingerprint density at radius 1 is 1.18 bits per heavy atom. The lowest BCUT2D eigenvalue weighted by Crippen LogP contribution is -2.30. The van der Waals surface area contributed by atoms with Gasteiger partial charge in [-0.25, -0.2) is 23.4 Å². The maximum atomic E-state index is 13.3. The normalized spacial score (nSPS) is 14.5. The Balaban J connectivity index is 1.95. The molecule has 0 saturated carbocycles. The molecule has 11 nitrogen and oxygen atoms in total. The van der Waals surface area contributed by atoms with Crippen molar-refractivity contribution < 1.29 is 22.1 Å². The molecule has 0 spiro atoms. The van der Waals surface area contributed by atoms with Crippen LogP contribution in [0.15, 0.2) is 30.6 Å². The summed E-state index contributed by atoms with van der Waals surface area (Å²) < 4.78 is 50.7. The second-order valence-electron chi connectivity index (χ2n) is 7.36. The van der Waals surface area contributed by atoms with E-state index in [1.54, 1.807) is 29.0 Å². The topological polar surface area (TPSA) is 139 Å². The predicted molar refractivity (Wildman–Crippen MR) is 128 cm³/mol. The minimum Gasteiger partial charge on any atom is -0.481 e. The number of ether oxygens (including phenoxy) is 2. The van der Waals surface area contributed by atoms with Crippen LogP contribution in [-0.4, -0.2) is 73.8 Å². The Bertz CT molecular complexity index is 1250. The fourth-order valence-corrected chi connectivity index (χ4v) is 5.20. The largest absolute Gasteiger partial charge is 0.481 e. The van der Waals surface area contributed by atoms with Gasteiger partial charge < -0.3 is 14.0 Å². The van der Waals surface area contributed by atoms with Crippen LogP contribution in [0.5, 0.6) is 5.88 Å². The Labute approximate surface area is 205 Å². The Kier molecular flexibility index (Phi) is 8.68. The summed E-state index contributed by atoms with van der Waals surface area (Å²) >= 11 is 5.84. The molecule has 0 bridgehead atoms. The highest BCUT2D eigenvalue weighted by Crippen LogP contribution is 2.27. The van der Waals surface area contributed by atoms with Gasteiger partial charge in [0.25, 0.3) is 0 Å². The highest BCUT2D eigenvalue weighted by atomic mass is 35.5. The standard InChI is InChI=1S/C20H25ClN6O5S2/c1-13(18(32-3)19-22-10-14(21)11-23-19)34(29,30)12-16-25-26-20(27(16)8-9-33(4)28)15-6-5-7-17(24-15)31-2/h5-7,10-11,13,18H,8-9,12H2,1-4H3/t13-,18-,33-/m0/s1. The Morgan fingerprint density at radius 3 is 2.50 bits per heavy atom. The molecule has 3 rings (SSSR count). The van der Waals surface area contributed by atoms with Crippen LogP contribution in [0.25, 0.3) is 11.5 Å². The fraction of sp³-hybridized carbons (Fsp3) is 0.450. The molecule has 0 fully saturated rings. The van der Waals surface area contributed by atoms with Crippen LogP contribution in [0.1, 0.15) is 24.7 Å². The summed E-state index contributed by atoms with van der Waals surface area (Å²) in [5, 5.41) is 7.63. The first-order valence-corrected chi connectivity index (χ1v) is 13.9. The predicted octanol–water partition coefficient (Wildman–Crippen LogP) is 1.86. The lowest BCUT2D eigenvalue weighted by atomic mass is 10.2. The summed E-state index contributed by atoms with van der Waals surface area (Å²) in [5.41, 5.74) is 0.453. The van der Waals surface area contributed by atoms with Gasteiger partial charge in [-0.15, -0.1) is 10.2 Å². The van der Waals surface area contributed by atoms with Gasteiger partial charge in [-0.05, 0) is 13.0 Å². The van der Waals surface area contributed by atoms with Crippen molar-refractivity contribution in [3.8, 4) is 17.4 Å². The van der Waals surface area contributed by atoms with E-state index in [1.807, 2.05) is 0 Å². The summed E-state index contributed by atoms with van der Waals surface area (Å²) in [6, 6.07) is 5.14. The van der Waals surface area contributed by atoms with Crippen molar-refractivity contribution in [1.29, 1.82) is 0 Å². The molecule has 0 aliphatic rings. The zero-order chi connectivity index (χ0) is 24.9. The molecule has 0 aromatic carbocycles. The molecule has 3 aromatic rings. The second-order valence-corrected chi connectivity index (χ2v) is 11.7. The van der Waals surface area contributed by atoms with E-state index in [-0.39, 0.29) is 23.9 Å². The third-order valence-corrected chi connectivity index (χ3v) is 8.06. The highest BCUT2D eigenvalue weighted by Gasteiger charge is 2.34. The zero-order valence-electron chi connectivity index (χ0n) is 19.1. The summed E-state index contributed by atoms with van der Waals surface area (Å²) in [7, 11) is -2.04. The lowest BCUT2D eigenvalue weighted by molar-refractivity contribution is 0.0948. The number of hydrogen-bond donors (Lipinski definition) is 0. The number of sulfone groups is 1. The van der Waals surface area contributed by atoms with Crippen LogP contribution in [0.2, 0.25) is 5.02 Å². The first-order chi connectivity index (χ1) is 16.2. The number of nitrogens with zero attached hydrogens (tertiary/aromatic N) is 6. The van der Waals surface area contributed by atoms with Crippen LogP contribution in [0, 0.1) is 0 Å². The minimum atomic E-state index is -3.81. The molecule has 0 aliphatic heterocycles. The third kappa shape index (κ3) is 6.14. The van der Waals surface area contributed by atoms with Gasteiger partial charge in [0, 0.05) is 54.9 Å². The molecule has 0 saturated heterocycles. The van der Waals surface area contributed by atoms with Crippen LogP contribution < -0.4 is 4.74 Å². The number of pyridine rings is 1. The quantitative estimate of drug-likeness (QED) is 0.362. The average Bonchev–Trinajstić information content (AvgIpc) is 3.20. The number of hydrogen-bond acceptors (Lipinski definition) is 10. The van der Waals surface area contributed by atoms with Crippen molar-refractivity contribution in [3.05, 3.63) is 47.3 Å². The maximum absolute atomic E-state index is 13.3. The molecule has 14 heteroatoms. The number of halogens is 1. The van der Waals surface area contributed by atoms with Crippen LogP contribution in [0.4, 0.5) is 0 Å². The average molecular weight is 529 g/mol. The molecule has 3 heterocycles. The van der Waals surface area contributed by atoms with E-state index < -0.39 is 37.7 Å². The van der Waals surface area contributed by atoms with E-state index in [4.69, 9.17) is 21.1 Å². The smallest absolute Gasteiger partial charge is 0.213 e. The van der Waals surface area contributed by atoms with Crippen molar-refractivity contribution in [2.45, 2.75) is 30.6 Å². The first kappa shape index (κ1) is 26.1. The van der Waals surface area contributed by atoms with Crippen molar-refractivity contribution in [2.24, 2.45) is 0 Å². The maximum Gasteiger partial charge on any atom is 0.213 e. The molecule has 0 amide bonds. The molecule has 0 N–H and O–H groups in total. The Hall–Kier alpha value is -2.48. The van der Waals surface area contributed by atoms with E-state index in [9.17, 15) is 12.6 Å². The van der Waals surface area contributed by atoms with E-state index in [0.717, 1.165) is 0 Å². The van der Waals surface area contributed by atoms with Gasteiger partial charge in [0.1, 0.15) is 23.4 Å². The van der Waals surface area contributed by atoms with E-state index in [0.29, 0.717) is 22.4 Å². The Morgan fingerprint density at radius 2 is 1.88 bits per heavy atom. The van der Waals surface area contributed by atoms with Gasteiger partial charge in [0.05, 0.1) is 17.4 Å². The molecular formula is C20H25ClN6O5S2. The van der Waals surface area contributed by atoms with E-state index in [2.05, 4.69) is 25.1 Å². The van der Waals surface area contributed by atoms with E-state index in [1.165, 1.54) is 33.5 Å². The molecule has 184 valence electrons. The van der Waals surface area contributed by atoms with Crippen molar-refractivity contribution >= 4 is 32.2 Å². The third-order valence-electron chi connectivity index (χ3n) is 5.06. The molecule has 0 radical (unpaired) electrons. The SMILES string of the molecule is COc1cccc(-c2nnc(CS(=O)(=O)[C@@H](C)[C@H](OC)c3ncc(Cl)cn3)n2CC[S@](C)=O)n1. The first-order valence-electron chi connectivity index (χ1n) is 10.1. The molecule has 0 aliphatic carbocycles.